The topological polar surface area (TPSA) is 70.5 Å². The van der Waals surface area contributed by atoms with Crippen LogP contribution in [0.5, 0.6) is 0 Å². The Hall–Kier alpha value is -2.67. The monoisotopic (exact) mass is 381 g/mol. The average Bonchev–Trinajstić information content (AvgIpc) is 3.36. The quantitative estimate of drug-likeness (QED) is 0.869. The Morgan fingerprint density at radius 1 is 1.25 bits per heavy atom. The summed E-state index contributed by atoms with van der Waals surface area (Å²) in [5.74, 6) is -0.0361. The third kappa shape index (κ3) is 3.42. The van der Waals surface area contributed by atoms with Crippen LogP contribution < -0.4 is 10.2 Å². The van der Waals surface area contributed by atoms with Gasteiger partial charge in [-0.05, 0) is 30.5 Å². The predicted molar refractivity (Wildman–Crippen MR) is 107 cm³/mol. The minimum Gasteiger partial charge on any atom is -0.333 e. The molecular weight excluding hydrogens is 354 g/mol. The Balaban J connectivity index is 1.50. The summed E-state index contributed by atoms with van der Waals surface area (Å²) in [6.07, 6.45) is 5.40. The molecule has 0 saturated carbocycles. The summed E-state index contributed by atoms with van der Waals surface area (Å²) in [5.41, 5.74) is 1.97. The van der Waals surface area contributed by atoms with Crippen molar-refractivity contribution in [2.75, 3.05) is 31.6 Å². The number of benzene rings is 1. The summed E-state index contributed by atoms with van der Waals surface area (Å²) in [5, 5.41) is 7.58. The fourth-order valence-electron chi connectivity index (χ4n) is 4.42. The van der Waals surface area contributed by atoms with E-state index in [0.29, 0.717) is 19.5 Å². The van der Waals surface area contributed by atoms with Crippen LogP contribution in [-0.4, -0.2) is 59.2 Å². The predicted octanol–water partition coefficient (Wildman–Crippen LogP) is 1.38. The van der Waals surface area contributed by atoms with Gasteiger partial charge in [-0.1, -0.05) is 18.2 Å². The Labute approximate surface area is 165 Å². The zero-order chi connectivity index (χ0) is 19.7. The van der Waals surface area contributed by atoms with Gasteiger partial charge < -0.3 is 15.1 Å². The molecule has 1 unspecified atom stereocenters. The number of nitrogens with zero attached hydrogens (tertiary/aromatic N) is 4. The normalized spacial score (nSPS) is 25.1. The highest BCUT2D eigenvalue weighted by Gasteiger charge is 2.41. The van der Waals surface area contributed by atoms with Crippen LogP contribution in [-0.2, 0) is 16.6 Å². The maximum atomic E-state index is 13.3. The van der Waals surface area contributed by atoms with Gasteiger partial charge in [0.25, 0.3) is 0 Å². The molecule has 2 aromatic rings. The molecule has 28 heavy (non-hydrogen) atoms. The van der Waals surface area contributed by atoms with Crippen molar-refractivity contribution in [2.45, 2.75) is 24.8 Å². The van der Waals surface area contributed by atoms with E-state index in [4.69, 9.17) is 0 Å². The summed E-state index contributed by atoms with van der Waals surface area (Å²) < 4.78 is 1.77. The number of hydrogen-bond donors (Lipinski definition) is 1. The van der Waals surface area contributed by atoms with Gasteiger partial charge in [-0.25, -0.2) is 0 Å². The first-order valence-electron chi connectivity index (χ1n) is 9.88. The standard InChI is InChI=1S/C21H27N5O2/c1-24-14-15(11-23-24)17-12-22-13-18(17)20(27)25(2)19-9-6-10-26(21(19)28)16-7-4-3-5-8-16/h3-5,7-8,11,14,17-19,22H,6,9-10,12-13H2,1-2H3/t17-,18+,19?/m1/s1. The molecule has 0 spiro atoms. The Kier molecular flexibility index (Phi) is 5.17. The molecule has 2 saturated heterocycles. The van der Waals surface area contributed by atoms with Gasteiger partial charge in [0, 0.05) is 51.5 Å². The SMILES string of the molecule is CN(C(=O)[C@H]1CNC[C@@H]1c1cnn(C)c1)C1CCCN(c2ccccc2)C1=O. The first-order chi connectivity index (χ1) is 13.6. The molecule has 2 amide bonds. The molecular formula is C21H27N5O2. The largest absolute Gasteiger partial charge is 0.333 e. The molecule has 2 aliphatic heterocycles. The highest BCUT2D eigenvalue weighted by Crippen LogP contribution is 2.31. The first kappa shape index (κ1) is 18.7. The molecule has 148 valence electrons. The van der Waals surface area contributed by atoms with E-state index in [1.54, 1.807) is 16.6 Å². The molecule has 1 N–H and O–H groups in total. The highest BCUT2D eigenvalue weighted by atomic mass is 16.2. The van der Waals surface area contributed by atoms with E-state index in [-0.39, 0.29) is 23.7 Å². The third-order valence-electron chi connectivity index (χ3n) is 5.98. The maximum absolute atomic E-state index is 13.3. The van der Waals surface area contributed by atoms with E-state index in [2.05, 4.69) is 10.4 Å². The van der Waals surface area contributed by atoms with Gasteiger partial charge in [-0.3, -0.25) is 14.3 Å². The van der Waals surface area contributed by atoms with E-state index >= 15 is 0 Å². The fraction of sp³-hybridized carbons (Fsp3) is 0.476. The number of likely N-dealkylation sites (N-methyl/N-ethyl adjacent to an activating group) is 1. The summed E-state index contributed by atoms with van der Waals surface area (Å²) >= 11 is 0. The maximum Gasteiger partial charge on any atom is 0.249 e. The second-order valence-electron chi connectivity index (χ2n) is 7.75. The van der Waals surface area contributed by atoms with Crippen LogP contribution in [0, 0.1) is 5.92 Å². The van der Waals surface area contributed by atoms with Crippen molar-refractivity contribution in [3.63, 3.8) is 0 Å². The third-order valence-corrected chi connectivity index (χ3v) is 5.98. The lowest BCUT2D eigenvalue weighted by Crippen LogP contribution is -2.54. The number of aryl methyl sites for hydroxylation is 1. The number of aromatic nitrogens is 2. The second-order valence-corrected chi connectivity index (χ2v) is 7.75. The van der Waals surface area contributed by atoms with Crippen molar-refractivity contribution >= 4 is 17.5 Å². The number of carbonyl (C=O) groups excluding carboxylic acids is 2. The number of para-hydroxylation sites is 1. The molecule has 0 bridgehead atoms. The lowest BCUT2D eigenvalue weighted by Gasteiger charge is -2.38. The lowest BCUT2D eigenvalue weighted by atomic mass is 9.89. The Morgan fingerprint density at radius 3 is 2.75 bits per heavy atom. The van der Waals surface area contributed by atoms with Crippen LogP contribution in [0.15, 0.2) is 42.7 Å². The molecule has 4 rings (SSSR count). The van der Waals surface area contributed by atoms with Crippen LogP contribution in [0.4, 0.5) is 5.69 Å². The molecule has 0 radical (unpaired) electrons. The van der Waals surface area contributed by atoms with Crippen LogP contribution in [0.25, 0.3) is 0 Å². The van der Waals surface area contributed by atoms with Gasteiger partial charge in [0.15, 0.2) is 0 Å². The van der Waals surface area contributed by atoms with Gasteiger partial charge in [-0.15, -0.1) is 0 Å². The summed E-state index contributed by atoms with van der Waals surface area (Å²) in [7, 11) is 3.66. The number of amides is 2. The van der Waals surface area contributed by atoms with E-state index in [9.17, 15) is 9.59 Å². The van der Waals surface area contributed by atoms with Crippen molar-refractivity contribution in [2.24, 2.45) is 13.0 Å². The Morgan fingerprint density at radius 2 is 2.04 bits per heavy atom. The van der Waals surface area contributed by atoms with E-state index in [1.165, 1.54) is 0 Å². The molecule has 3 atom stereocenters. The van der Waals surface area contributed by atoms with E-state index < -0.39 is 6.04 Å². The number of rotatable bonds is 4. The summed E-state index contributed by atoms with van der Waals surface area (Å²) in [6.45, 7) is 2.08. The molecule has 1 aromatic carbocycles. The van der Waals surface area contributed by atoms with E-state index in [0.717, 1.165) is 24.2 Å². The van der Waals surface area contributed by atoms with Crippen molar-refractivity contribution in [3.05, 3.63) is 48.3 Å². The molecule has 0 aliphatic carbocycles. The van der Waals surface area contributed by atoms with Gasteiger partial charge >= 0.3 is 0 Å². The van der Waals surface area contributed by atoms with Crippen LogP contribution >= 0.6 is 0 Å². The van der Waals surface area contributed by atoms with Crippen LogP contribution in [0.3, 0.4) is 0 Å². The number of piperidine rings is 1. The van der Waals surface area contributed by atoms with E-state index in [1.807, 2.05) is 54.7 Å². The minimum absolute atomic E-state index is 0.0113. The summed E-state index contributed by atoms with van der Waals surface area (Å²) in [6, 6.07) is 9.30. The van der Waals surface area contributed by atoms with Crippen molar-refractivity contribution in [3.8, 4) is 0 Å². The van der Waals surface area contributed by atoms with Gasteiger partial charge in [0.1, 0.15) is 6.04 Å². The zero-order valence-corrected chi connectivity index (χ0v) is 16.4. The van der Waals surface area contributed by atoms with Crippen molar-refractivity contribution < 1.29 is 9.59 Å². The van der Waals surface area contributed by atoms with Gasteiger partial charge in [0.05, 0.1) is 12.1 Å². The molecule has 1 aromatic heterocycles. The van der Waals surface area contributed by atoms with Crippen LogP contribution in [0.1, 0.15) is 24.3 Å². The first-order valence-corrected chi connectivity index (χ1v) is 9.88. The number of carbonyl (C=O) groups is 2. The number of hydrogen-bond acceptors (Lipinski definition) is 4. The lowest BCUT2D eigenvalue weighted by molar-refractivity contribution is -0.142. The average molecular weight is 381 g/mol. The smallest absolute Gasteiger partial charge is 0.249 e. The summed E-state index contributed by atoms with van der Waals surface area (Å²) in [4.78, 5) is 29.9. The number of anilines is 1. The van der Waals surface area contributed by atoms with Crippen molar-refractivity contribution in [1.82, 2.24) is 20.0 Å². The molecule has 7 nitrogen and oxygen atoms in total. The molecule has 7 heteroatoms. The molecule has 3 heterocycles. The second kappa shape index (κ2) is 7.75. The molecule has 2 fully saturated rings. The minimum atomic E-state index is -0.406. The Bertz CT molecular complexity index is 849. The van der Waals surface area contributed by atoms with Crippen LogP contribution in [0.2, 0.25) is 0 Å². The highest BCUT2D eigenvalue weighted by molar-refractivity contribution is 6.00. The fourth-order valence-corrected chi connectivity index (χ4v) is 4.42. The molecule has 2 aliphatic rings. The van der Waals surface area contributed by atoms with Gasteiger partial charge in [0.2, 0.25) is 11.8 Å². The van der Waals surface area contributed by atoms with Crippen molar-refractivity contribution in [1.29, 1.82) is 0 Å². The zero-order valence-electron chi connectivity index (χ0n) is 16.4. The van der Waals surface area contributed by atoms with Gasteiger partial charge in [-0.2, -0.15) is 5.10 Å². The number of nitrogens with one attached hydrogen (secondary N) is 1.